The van der Waals surface area contributed by atoms with Gasteiger partial charge in [0.2, 0.25) is 5.13 Å². The largest absolute Gasteiger partial charge is 0.493 e. The summed E-state index contributed by atoms with van der Waals surface area (Å²) in [6.07, 6.45) is 1.66. The fourth-order valence-corrected chi connectivity index (χ4v) is 3.19. The zero-order valence-corrected chi connectivity index (χ0v) is 15.7. The van der Waals surface area contributed by atoms with E-state index >= 15 is 0 Å². The Kier molecular flexibility index (Phi) is 5.96. The molecule has 134 valence electrons. The molecule has 0 spiro atoms. The highest BCUT2D eigenvalue weighted by Crippen LogP contribution is 2.18. The van der Waals surface area contributed by atoms with E-state index in [2.05, 4.69) is 34.6 Å². The van der Waals surface area contributed by atoms with Crippen LogP contribution >= 0.6 is 11.3 Å². The molecule has 0 fully saturated rings. The lowest BCUT2D eigenvalue weighted by Crippen LogP contribution is -2.12. The summed E-state index contributed by atoms with van der Waals surface area (Å²) >= 11 is 1.37. The van der Waals surface area contributed by atoms with Gasteiger partial charge in [-0.3, -0.25) is 10.1 Å². The fourth-order valence-electron chi connectivity index (χ4n) is 2.47. The van der Waals surface area contributed by atoms with Crippen LogP contribution in [-0.4, -0.2) is 22.7 Å². The molecule has 3 rings (SSSR count). The molecule has 0 saturated heterocycles. The molecule has 1 N–H and O–H groups in total. The Hall–Kier alpha value is -2.73. The molecular formula is C20H21N3O2S. The topological polar surface area (TPSA) is 64.1 Å². The summed E-state index contributed by atoms with van der Waals surface area (Å²) in [6.45, 7) is 4.55. The van der Waals surface area contributed by atoms with Gasteiger partial charge in [-0.2, -0.15) is 0 Å². The number of nitrogens with one attached hydrogen (secondary N) is 1. The van der Waals surface area contributed by atoms with E-state index in [0.717, 1.165) is 22.7 Å². The maximum absolute atomic E-state index is 12.3. The molecule has 0 saturated carbocycles. The van der Waals surface area contributed by atoms with Crippen LogP contribution in [0.4, 0.5) is 5.13 Å². The van der Waals surface area contributed by atoms with E-state index in [1.54, 1.807) is 6.07 Å². The minimum absolute atomic E-state index is 0.168. The number of rotatable bonds is 7. The highest BCUT2D eigenvalue weighted by Gasteiger charge is 2.12. The van der Waals surface area contributed by atoms with E-state index in [1.165, 1.54) is 16.9 Å². The van der Waals surface area contributed by atoms with Crippen molar-refractivity contribution in [2.24, 2.45) is 0 Å². The number of amides is 1. The molecular weight excluding hydrogens is 346 g/mol. The Morgan fingerprint density at radius 2 is 1.88 bits per heavy atom. The number of hydrogen-bond acceptors (Lipinski definition) is 5. The van der Waals surface area contributed by atoms with Crippen molar-refractivity contribution in [1.82, 2.24) is 10.2 Å². The molecule has 3 aromatic rings. The van der Waals surface area contributed by atoms with Gasteiger partial charge in [0, 0.05) is 12.0 Å². The van der Waals surface area contributed by atoms with Crippen LogP contribution in [0.1, 0.15) is 33.4 Å². The quantitative estimate of drug-likeness (QED) is 0.677. The van der Waals surface area contributed by atoms with E-state index in [4.69, 9.17) is 4.74 Å². The summed E-state index contributed by atoms with van der Waals surface area (Å²) in [7, 11) is 0. The van der Waals surface area contributed by atoms with Crippen molar-refractivity contribution in [3.8, 4) is 5.75 Å². The third-order valence-electron chi connectivity index (χ3n) is 3.99. The maximum atomic E-state index is 12.3. The van der Waals surface area contributed by atoms with Crippen molar-refractivity contribution in [2.45, 2.75) is 26.7 Å². The van der Waals surface area contributed by atoms with Crippen molar-refractivity contribution in [3.05, 3.63) is 70.2 Å². The van der Waals surface area contributed by atoms with Crippen LogP contribution in [0.15, 0.2) is 48.5 Å². The van der Waals surface area contributed by atoms with Crippen LogP contribution in [0.3, 0.4) is 0 Å². The molecule has 1 amide bonds. The number of nitrogens with zero attached hydrogens (tertiary/aromatic N) is 2. The van der Waals surface area contributed by atoms with E-state index in [9.17, 15) is 4.79 Å². The average molecular weight is 367 g/mol. The molecule has 6 heteroatoms. The first-order valence-electron chi connectivity index (χ1n) is 8.57. The summed E-state index contributed by atoms with van der Waals surface area (Å²) in [5.74, 6) is 0.679. The Balaban J connectivity index is 1.51. The lowest BCUT2D eigenvalue weighted by molar-refractivity contribution is 0.102. The summed E-state index contributed by atoms with van der Waals surface area (Å²) in [6, 6.07) is 15.6. The SMILES string of the molecule is CCc1ccc(OCCc2nnc(NC(=O)c3ccccc3C)s2)cc1. The molecule has 0 bridgehead atoms. The Bertz CT molecular complexity index is 875. The van der Waals surface area contributed by atoms with Crippen molar-refractivity contribution < 1.29 is 9.53 Å². The lowest BCUT2D eigenvalue weighted by atomic mass is 10.1. The first-order valence-corrected chi connectivity index (χ1v) is 9.38. The van der Waals surface area contributed by atoms with Crippen LogP contribution in [0.2, 0.25) is 0 Å². The number of ether oxygens (including phenoxy) is 1. The summed E-state index contributed by atoms with van der Waals surface area (Å²) < 4.78 is 5.74. The number of hydrogen-bond donors (Lipinski definition) is 1. The summed E-state index contributed by atoms with van der Waals surface area (Å²) in [5, 5.41) is 12.3. The average Bonchev–Trinajstić information content (AvgIpc) is 3.10. The summed E-state index contributed by atoms with van der Waals surface area (Å²) in [4.78, 5) is 12.3. The van der Waals surface area contributed by atoms with Gasteiger partial charge in [0.25, 0.3) is 5.91 Å². The second kappa shape index (κ2) is 8.58. The second-order valence-corrected chi connectivity index (χ2v) is 6.93. The van der Waals surface area contributed by atoms with Crippen molar-refractivity contribution in [2.75, 3.05) is 11.9 Å². The van der Waals surface area contributed by atoms with Gasteiger partial charge in [0.1, 0.15) is 10.8 Å². The van der Waals surface area contributed by atoms with Crippen LogP contribution < -0.4 is 10.1 Å². The van der Waals surface area contributed by atoms with Gasteiger partial charge < -0.3 is 4.74 Å². The molecule has 5 nitrogen and oxygen atoms in total. The van der Waals surface area contributed by atoms with E-state index in [1.807, 2.05) is 37.3 Å². The van der Waals surface area contributed by atoms with E-state index < -0.39 is 0 Å². The number of carbonyl (C=O) groups excluding carboxylic acids is 1. The first kappa shape index (κ1) is 18.1. The van der Waals surface area contributed by atoms with Gasteiger partial charge >= 0.3 is 0 Å². The van der Waals surface area contributed by atoms with Crippen LogP contribution in [-0.2, 0) is 12.8 Å². The van der Waals surface area contributed by atoms with E-state index in [-0.39, 0.29) is 5.91 Å². The molecule has 0 unspecified atom stereocenters. The third kappa shape index (κ3) is 4.67. The molecule has 1 heterocycles. The number of aromatic nitrogens is 2. The maximum Gasteiger partial charge on any atom is 0.257 e. The monoisotopic (exact) mass is 367 g/mol. The van der Waals surface area contributed by atoms with Crippen LogP contribution in [0.25, 0.3) is 0 Å². The van der Waals surface area contributed by atoms with Crippen LogP contribution in [0, 0.1) is 6.92 Å². The standard InChI is InChI=1S/C20H21N3O2S/c1-3-15-8-10-16(11-9-15)25-13-12-18-22-23-20(26-18)21-19(24)17-7-5-4-6-14(17)2/h4-11H,3,12-13H2,1-2H3,(H,21,23,24). The molecule has 0 aliphatic rings. The Morgan fingerprint density at radius 3 is 2.62 bits per heavy atom. The molecule has 0 atom stereocenters. The second-order valence-electron chi connectivity index (χ2n) is 5.87. The minimum Gasteiger partial charge on any atom is -0.493 e. The first-order chi connectivity index (χ1) is 12.7. The van der Waals surface area contributed by atoms with Crippen molar-refractivity contribution in [1.29, 1.82) is 0 Å². The van der Waals surface area contributed by atoms with Gasteiger partial charge in [-0.1, -0.05) is 48.6 Å². The number of benzene rings is 2. The normalized spacial score (nSPS) is 10.5. The molecule has 26 heavy (non-hydrogen) atoms. The van der Waals surface area contributed by atoms with Gasteiger partial charge in [-0.05, 0) is 42.7 Å². The fraction of sp³-hybridized carbons (Fsp3) is 0.250. The highest BCUT2D eigenvalue weighted by molar-refractivity contribution is 7.15. The lowest BCUT2D eigenvalue weighted by Gasteiger charge is -2.05. The van der Waals surface area contributed by atoms with E-state index in [0.29, 0.717) is 23.7 Å². The zero-order valence-electron chi connectivity index (χ0n) is 14.9. The molecule has 0 aliphatic carbocycles. The third-order valence-corrected chi connectivity index (χ3v) is 4.89. The zero-order chi connectivity index (χ0) is 18.4. The molecule has 0 aliphatic heterocycles. The van der Waals surface area contributed by atoms with Gasteiger partial charge in [0.15, 0.2) is 0 Å². The molecule has 1 aromatic heterocycles. The molecule has 0 radical (unpaired) electrons. The highest BCUT2D eigenvalue weighted by atomic mass is 32.1. The van der Waals surface area contributed by atoms with Crippen molar-refractivity contribution in [3.63, 3.8) is 0 Å². The minimum atomic E-state index is -0.168. The number of aryl methyl sites for hydroxylation is 2. The van der Waals surface area contributed by atoms with Gasteiger partial charge in [-0.25, -0.2) is 0 Å². The van der Waals surface area contributed by atoms with Gasteiger partial charge in [-0.15, -0.1) is 10.2 Å². The predicted octanol–water partition coefficient (Wildman–Crippen LogP) is 4.28. The van der Waals surface area contributed by atoms with Crippen molar-refractivity contribution >= 4 is 22.4 Å². The number of carbonyl (C=O) groups is 1. The summed E-state index contributed by atoms with van der Waals surface area (Å²) in [5.41, 5.74) is 2.86. The predicted molar refractivity (Wildman–Crippen MR) is 104 cm³/mol. The number of anilines is 1. The Labute approximate surface area is 157 Å². The Morgan fingerprint density at radius 1 is 1.12 bits per heavy atom. The molecule has 2 aromatic carbocycles. The van der Waals surface area contributed by atoms with Crippen LogP contribution in [0.5, 0.6) is 5.75 Å². The van der Waals surface area contributed by atoms with Gasteiger partial charge in [0.05, 0.1) is 6.61 Å². The smallest absolute Gasteiger partial charge is 0.257 e.